The summed E-state index contributed by atoms with van der Waals surface area (Å²) in [6.45, 7) is 3.42. The lowest BCUT2D eigenvalue weighted by Gasteiger charge is -2.63. The van der Waals surface area contributed by atoms with Gasteiger partial charge in [0.05, 0.1) is 6.04 Å². The Morgan fingerprint density at radius 3 is 2.36 bits per heavy atom. The number of carbonyl (C=O) groups is 1. The van der Waals surface area contributed by atoms with Crippen LogP contribution in [-0.4, -0.2) is 67.4 Å². The van der Waals surface area contributed by atoms with Crippen LogP contribution >= 0.6 is 0 Å². The molecule has 5 fully saturated rings. The van der Waals surface area contributed by atoms with Crippen LogP contribution in [0.25, 0.3) is 0 Å². The van der Waals surface area contributed by atoms with Crippen LogP contribution in [0.15, 0.2) is 29.5 Å². The Morgan fingerprint density at radius 2 is 1.73 bits per heavy atom. The zero-order valence-corrected chi connectivity index (χ0v) is 19.0. The van der Waals surface area contributed by atoms with Crippen LogP contribution in [0.3, 0.4) is 0 Å². The van der Waals surface area contributed by atoms with Gasteiger partial charge in [-0.2, -0.15) is 5.10 Å². The lowest BCUT2D eigenvalue weighted by Crippen LogP contribution is -2.71. The summed E-state index contributed by atoms with van der Waals surface area (Å²) in [6, 6.07) is 4.03. The fraction of sp³-hybridized carbons (Fsp3) is 0.667. The number of ether oxygens (including phenoxy) is 1. The van der Waals surface area contributed by atoms with Gasteiger partial charge >= 0.3 is 6.03 Å². The summed E-state index contributed by atoms with van der Waals surface area (Å²) < 4.78 is 9.56. The number of hydrogen-bond acceptors (Lipinski definition) is 5. The molecule has 0 atom stereocenters. The average Bonchev–Trinajstić information content (AvgIpc) is 3.41. The van der Waals surface area contributed by atoms with E-state index in [1.54, 1.807) is 19.3 Å². The molecule has 2 spiro atoms. The zero-order valence-electron chi connectivity index (χ0n) is 19.0. The van der Waals surface area contributed by atoms with Crippen LogP contribution in [-0.2, 0) is 7.05 Å². The molecule has 0 unspecified atom stereocenters. The molecule has 4 heterocycles. The first kappa shape index (κ1) is 19.6. The van der Waals surface area contributed by atoms with Gasteiger partial charge in [-0.05, 0) is 44.6 Å². The van der Waals surface area contributed by atoms with Crippen molar-refractivity contribution in [2.45, 2.75) is 56.6 Å². The topological polar surface area (TPSA) is 85.5 Å². The van der Waals surface area contributed by atoms with Crippen LogP contribution in [0.2, 0.25) is 0 Å². The van der Waals surface area contributed by atoms with E-state index in [1.807, 2.05) is 22.2 Å². The van der Waals surface area contributed by atoms with Crippen molar-refractivity contribution in [2.24, 2.45) is 17.9 Å². The van der Waals surface area contributed by atoms with Crippen LogP contribution < -0.4 is 10.3 Å². The molecule has 0 N–H and O–H groups in total. The lowest BCUT2D eigenvalue weighted by molar-refractivity contribution is -0.121. The van der Waals surface area contributed by atoms with E-state index in [-0.39, 0.29) is 23.1 Å². The Kier molecular flexibility index (Phi) is 3.93. The Morgan fingerprint density at radius 1 is 1.06 bits per heavy atom. The summed E-state index contributed by atoms with van der Waals surface area (Å²) in [5, 5.41) is 4.69. The van der Waals surface area contributed by atoms with Gasteiger partial charge in [-0.15, -0.1) is 0 Å². The van der Waals surface area contributed by atoms with Gasteiger partial charge in [-0.3, -0.25) is 4.79 Å². The summed E-state index contributed by atoms with van der Waals surface area (Å²) >= 11 is 0. The lowest BCUT2D eigenvalue weighted by atomic mass is 9.60. The molecule has 2 aromatic rings. The average molecular weight is 451 g/mol. The van der Waals surface area contributed by atoms with Crippen molar-refractivity contribution >= 4 is 6.03 Å². The van der Waals surface area contributed by atoms with Gasteiger partial charge in [0.15, 0.2) is 5.82 Å². The third kappa shape index (κ3) is 3.19. The number of pyridine rings is 1. The summed E-state index contributed by atoms with van der Waals surface area (Å²) in [7, 11) is 1.73. The molecule has 33 heavy (non-hydrogen) atoms. The van der Waals surface area contributed by atoms with E-state index in [0.717, 1.165) is 57.7 Å². The fourth-order valence-corrected chi connectivity index (χ4v) is 6.42. The third-order valence-corrected chi connectivity index (χ3v) is 8.53. The quantitative estimate of drug-likeness (QED) is 0.713. The van der Waals surface area contributed by atoms with Gasteiger partial charge in [0, 0.05) is 62.2 Å². The van der Waals surface area contributed by atoms with E-state index in [1.165, 1.54) is 17.4 Å². The van der Waals surface area contributed by atoms with E-state index < -0.39 is 0 Å². The maximum atomic E-state index is 12.9. The number of aromatic nitrogens is 4. The van der Waals surface area contributed by atoms with E-state index in [0.29, 0.717) is 23.1 Å². The Balaban J connectivity index is 0.855. The number of rotatable bonds is 4. The highest BCUT2D eigenvalue weighted by Crippen LogP contribution is 2.55. The summed E-state index contributed by atoms with van der Waals surface area (Å²) in [6.07, 6.45) is 10.4. The molecular weight excluding hydrogens is 420 g/mol. The maximum absolute atomic E-state index is 12.9. The summed E-state index contributed by atoms with van der Waals surface area (Å²) in [5.41, 5.74) is 0.462. The first-order chi connectivity index (χ1) is 15.9. The second kappa shape index (κ2) is 6.61. The minimum atomic E-state index is -0.0589. The first-order valence-corrected chi connectivity index (χ1v) is 12.2. The van der Waals surface area contributed by atoms with Crippen LogP contribution in [0, 0.1) is 10.8 Å². The number of urea groups is 1. The molecule has 9 heteroatoms. The molecule has 0 bridgehead atoms. The molecule has 0 aromatic carbocycles. The highest BCUT2D eigenvalue weighted by Gasteiger charge is 2.59. The molecule has 2 saturated heterocycles. The van der Waals surface area contributed by atoms with Crippen molar-refractivity contribution < 1.29 is 9.53 Å². The van der Waals surface area contributed by atoms with Gasteiger partial charge in [-0.1, -0.05) is 0 Å². The Labute approximate surface area is 192 Å². The number of likely N-dealkylation sites (tertiary alicyclic amines) is 2. The molecule has 174 valence electrons. The second-order valence-electron chi connectivity index (χ2n) is 11.4. The van der Waals surface area contributed by atoms with Crippen molar-refractivity contribution in [3.8, 4) is 5.75 Å². The first-order valence-electron chi connectivity index (χ1n) is 12.2. The molecular formula is C24H30N6O3. The molecule has 3 aliphatic carbocycles. The highest BCUT2D eigenvalue weighted by atomic mass is 16.5. The SMILES string of the molecule is Cn1ccc(OC2CC3(C2)CN(C(=O)N2CC4(CC(n5cnc(C6CC6)n5)C4)C2)C3)cc1=O. The van der Waals surface area contributed by atoms with Crippen LogP contribution in [0.1, 0.15) is 56.3 Å². The molecule has 5 aliphatic rings. The van der Waals surface area contributed by atoms with Crippen molar-refractivity contribution in [3.63, 3.8) is 0 Å². The standard InChI is InChI=1S/C24H30N6O3/c1-27-5-4-18(6-20(27)31)33-19-9-24(10-19)13-29(14-24)22(32)28-11-23(12-28)7-17(8-23)30-15-25-21(26-30)16-2-3-16/h4-6,15-17,19H,2-3,7-14H2,1H3. The molecule has 2 aliphatic heterocycles. The van der Waals surface area contributed by atoms with E-state index in [9.17, 15) is 9.59 Å². The van der Waals surface area contributed by atoms with E-state index >= 15 is 0 Å². The highest BCUT2D eigenvalue weighted by molar-refractivity contribution is 5.77. The van der Waals surface area contributed by atoms with Gasteiger partial charge in [0.1, 0.15) is 18.2 Å². The normalized spacial score (nSPS) is 25.4. The molecule has 7 rings (SSSR count). The number of hydrogen-bond donors (Lipinski definition) is 0. The monoisotopic (exact) mass is 450 g/mol. The number of aryl methyl sites for hydroxylation is 1. The van der Waals surface area contributed by atoms with Gasteiger partial charge < -0.3 is 19.1 Å². The van der Waals surface area contributed by atoms with Crippen LogP contribution in [0.5, 0.6) is 5.75 Å². The number of amides is 2. The minimum absolute atomic E-state index is 0.0589. The summed E-state index contributed by atoms with van der Waals surface area (Å²) in [5.74, 6) is 2.26. The van der Waals surface area contributed by atoms with Gasteiger partial charge in [0.25, 0.3) is 5.56 Å². The van der Waals surface area contributed by atoms with Crippen molar-refractivity contribution in [1.29, 1.82) is 0 Å². The maximum Gasteiger partial charge on any atom is 0.320 e. The van der Waals surface area contributed by atoms with Crippen molar-refractivity contribution in [2.75, 3.05) is 26.2 Å². The largest absolute Gasteiger partial charge is 0.490 e. The van der Waals surface area contributed by atoms with Crippen LogP contribution in [0.4, 0.5) is 4.79 Å². The third-order valence-electron chi connectivity index (χ3n) is 8.53. The second-order valence-corrected chi connectivity index (χ2v) is 11.4. The Bertz CT molecular complexity index is 1150. The fourth-order valence-electron chi connectivity index (χ4n) is 6.42. The molecule has 0 radical (unpaired) electrons. The van der Waals surface area contributed by atoms with E-state index in [4.69, 9.17) is 4.74 Å². The molecule has 2 aromatic heterocycles. The summed E-state index contributed by atoms with van der Waals surface area (Å²) in [4.78, 5) is 33.1. The Hall–Kier alpha value is -2.84. The van der Waals surface area contributed by atoms with Crippen molar-refractivity contribution in [1.82, 2.24) is 29.1 Å². The zero-order chi connectivity index (χ0) is 22.4. The number of carbonyl (C=O) groups excluding carboxylic acids is 1. The molecule has 2 amide bonds. The van der Waals surface area contributed by atoms with Crippen molar-refractivity contribution in [3.05, 3.63) is 40.8 Å². The van der Waals surface area contributed by atoms with Gasteiger partial charge in [0.2, 0.25) is 0 Å². The molecule has 9 nitrogen and oxygen atoms in total. The minimum Gasteiger partial charge on any atom is -0.490 e. The predicted octanol–water partition coefficient (Wildman–Crippen LogP) is 2.15. The van der Waals surface area contributed by atoms with E-state index in [2.05, 4.69) is 14.8 Å². The molecule has 3 saturated carbocycles. The smallest absolute Gasteiger partial charge is 0.320 e. The number of nitrogens with zero attached hydrogens (tertiary/aromatic N) is 6. The van der Waals surface area contributed by atoms with Gasteiger partial charge in [-0.25, -0.2) is 14.5 Å². The predicted molar refractivity (Wildman–Crippen MR) is 119 cm³/mol.